The molecule has 2 fully saturated rings. The number of aromatic nitrogens is 7. The van der Waals surface area contributed by atoms with Crippen molar-refractivity contribution in [1.29, 1.82) is 0 Å². The number of thiazole rings is 6. The number of aryl methyl sites for hydroxylation is 1. The van der Waals surface area contributed by atoms with Gasteiger partial charge in [0.25, 0.3) is 17.7 Å². The third-order valence-corrected chi connectivity index (χ3v) is 21.6. The number of carbonyl (C=O) groups excluding carboxylic acids is 7. The highest BCUT2D eigenvalue weighted by Gasteiger charge is 2.48. The van der Waals surface area contributed by atoms with Crippen LogP contribution in [0.25, 0.3) is 43.4 Å². The van der Waals surface area contributed by atoms with Crippen molar-refractivity contribution < 1.29 is 48.5 Å². The number of benzene rings is 2. The number of ether oxygens (including phenoxy) is 1. The van der Waals surface area contributed by atoms with Gasteiger partial charge in [0.1, 0.15) is 82.8 Å². The van der Waals surface area contributed by atoms with Crippen LogP contribution < -0.4 is 22.1 Å². The Hall–Kier alpha value is -8.42. The quantitative estimate of drug-likeness (QED) is 0.0588. The number of likely N-dealkylation sites (tertiary alicyclic amines) is 1. The van der Waals surface area contributed by atoms with Gasteiger partial charge < -0.3 is 46.9 Å². The fourth-order valence-corrected chi connectivity index (χ4v) is 16.8. The zero-order valence-corrected chi connectivity index (χ0v) is 53.7. The van der Waals surface area contributed by atoms with Crippen molar-refractivity contribution in [3.63, 3.8) is 0 Å². The predicted octanol–water partition coefficient (Wildman–Crippen LogP) is 8.70. The first-order valence-electron chi connectivity index (χ1n) is 29.1. The second-order valence-electron chi connectivity index (χ2n) is 22.3. The van der Waals surface area contributed by atoms with Gasteiger partial charge in [-0.1, -0.05) is 49.4 Å². The summed E-state index contributed by atoms with van der Waals surface area (Å²) in [5, 5.41) is 38.7. The smallest absolute Gasteiger partial charge is 0.306 e. The number of phenolic OH excluding ortho intramolecular Hbond substituents is 1. The lowest BCUT2D eigenvalue weighted by atomic mass is 9.90. The minimum atomic E-state index is -1.31. The highest BCUT2D eigenvalue weighted by Crippen LogP contribution is 2.44. The van der Waals surface area contributed by atoms with Crippen molar-refractivity contribution >= 4 is 109 Å². The van der Waals surface area contributed by atoms with E-state index >= 15 is 4.79 Å². The number of aromatic hydroxyl groups is 1. The topological polar surface area (TPSA) is 342 Å². The molecule has 10 bridgehead atoms. The summed E-state index contributed by atoms with van der Waals surface area (Å²) in [5.74, 6) is -5.81. The molecule has 12 rings (SSSR count). The Morgan fingerprint density at radius 2 is 1.36 bits per heavy atom. The van der Waals surface area contributed by atoms with Crippen LogP contribution in [-0.4, -0.2) is 135 Å². The van der Waals surface area contributed by atoms with Crippen LogP contribution in [0.5, 0.6) is 5.75 Å². The van der Waals surface area contributed by atoms with Crippen molar-refractivity contribution in [1.82, 2.24) is 55.3 Å². The number of aliphatic hydroxyl groups excluding tert-OH is 1. The first-order chi connectivity index (χ1) is 43.9. The van der Waals surface area contributed by atoms with Crippen LogP contribution in [0.4, 0.5) is 0 Å². The van der Waals surface area contributed by atoms with E-state index in [0.717, 1.165) is 66.5 Å². The number of amides is 5. The molecule has 5 amide bonds. The molecule has 9 aromatic rings. The number of pyridine rings is 1. The highest BCUT2D eigenvalue weighted by atomic mass is 32.1. The lowest BCUT2D eigenvalue weighted by Gasteiger charge is -2.29. The molecule has 23 nitrogen and oxygen atoms in total. The van der Waals surface area contributed by atoms with Crippen LogP contribution in [0, 0.1) is 12.8 Å². The Morgan fingerprint density at radius 3 is 2.11 bits per heavy atom. The Balaban J connectivity index is 0.957. The molecule has 3 aliphatic rings. The SMILES string of the molecule is Cc1sc2nc1C(=O)C[C@@H]([C@H](O)c1ccccc1)c1nc(cs1)C(=O)N[C@@H](Cc1ccc(O)cc1)C(=O)N1C[C@H](OC(=O)CCCN3CCCC3)[C@H](C)[C@H]1c1nc(cs1)-c1nc(cs1)-c1nc(-c3nc(C(N)=O)cs3)ccc1-c1nc(cs1)C(=O)N[C@H]2CC(N)=O. The Labute approximate surface area is 544 Å². The molecule has 0 radical (unpaired) electrons. The standard InChI is InChI=1S/C62H59N13O10S6/c1-30-46(85-48(79)11-8-20-74-18-6-7-19-74)24-75-51(30)61-72-44(29-90-61)59-68-40(25-88-59)50-35(16-17-37(65-50)58-69-41(26-89-58)53(64)81)56-70-42(27-86-56)54(82)66-38(23-47(63)78)60-73-49(31(2)91-60)45(77)22-36(52(80)33-9-4-3-5-10-33)57-71-43(28-87-57)55(83)67-39(62(75)84)21-32-12-14-34(76)15-13-32/h3-5,9-10,12-17,25-30,36,38-39,46,51-52,76,80H,6-8,11,18-24H2,1-2H3,(H2,63,78)(H2,64,81)(H,66,82)(H,67,83)/t30-,36-,38-,39-,46-,51-,52+/m0/s1. The number of carbonyl (C=O) groups is 7. The van der Waals surface area contributed by atoms with Gasteiger partial charge in [-0.05, 0) is 81.2 Å². The molecule has 0 aliphatic carbocycles. The molecule has 7 atom stereocenters. The van der Waals surface area contributed by atoms with Gasteiger partial charge in [0.05, 0.1) is 41.9 Å². The Bertz CT molecular complexity index is 4210. The molecular formula is C62H59N13O10S6. The minimum absolute atomic E-state index is 0.00298. The van der Waals surface area contributed by atoms with E-state index in [4.69, 9.17) is 46.1 Å². The third-order valence-electron chi connectivity index (χ3n) is 16.1. The van der Waals surface area contributed by atoms with Gasteiger partial charge in [-0.25, -0.2) is 34.9 Å². The molecule has 29 heteroatoms. The first kappa shape index (κ1) is 62.8. The lowest BCUT2D eigenvalue weighted by molar-refractivity contribution is -0.150. The first-order valence-corrected chi connectivity index (χ1v) is 34.4. The van der Waals surface area contributed by atoms with Crippen LogP contribution in [0.2, 0.25) is 0 Å². The van der Waals surface area contributed by atoms with E-state index in [2.05, 4.69) is 20.5 Å². The van der Waals surface area contributed by atoms with E-state index in [1.165, 1.54) is 56.9 Å². The van der Waals surface area contributed by atoms with Crippen LogP contribution in [-0.2, 0) is 25.5 Å². The number of rotatable bonds is 13. The fourth-order valence-electron chi connectivity index (χ4n) is 11.4. The average molecular weight is 1340 g/mol. The molecule has 8 N–H and O–H groups in total. The van der Waals surface area contributed by atoms with E-state index in [0.29, 0.717) is 70.8 Å². The maximum absolute atomic E-state index is 15.7. The molecule has 10 heterocycles. The molecule has 468 valence electrons. The highest BCUT2D eigenvalue weighted by molar-refractivity contribution is 7.15. The number of primary amides is 2. The normalized spacial score (nSPS) is 20.2. The van der Waals surface area contributed by atoms with Crippen molar-refractivity contribution in [2.75, 3.05) is 26.2 Å². The second kappa shape index (κ2) is 27.2. The number of Topliss-reactive ketones (excluding diaryl/α,β-unsaturated/α-hetero) is 1. The number of nitrogens with one attached hydrogen (secondary N) is 2. The van der Waals surface area contributed by atoms with E-state index < -0.39 is 83.5 Å². The molecule has 2 aromatic carbocycles. The number of esters is 1. The summed E-state index contributed by atoms with van der Waals surface area (Å²) in [5.41, 5.74) is 14.5. The average Bonchev–Trinajstić information content (AvgIpc) is 1.67. The number of ketones is 1. The van der Waals surface area contributed by atoms with Gasteiger partial charge in [0.15, 0.2) is 5.78 Å². The second-order valence-corrected chi connectivity index (χ2v) is 27.9. The monoisotopic (exact) mass is 1340 g/mol. The maximum Gasteiger partial charge on any atom is 0.306 e. The summed E-state index contributed by atoms with van der Waals surface area (Å²) in [7, 11) is 0. The van der Waals surface area contributed by atoms with Gasteiger partial charge in [0.2, 0.25) is 11.8 Å². The summed E-state index contributed by atoms with van der Waals surface area (Å²) < 4.78 is 6.27. The number of nitrogens with two attached hydrogens (primary N) is 2. The largest absolute Gasteiger partial charge is 0.508 e. The maximum atomic E-state index is 15.7. The number of hydrogen-bond acceptors (Lipinski definition) is 24. The summed E-state index contributed by atoms with van der Waals surface area (Å²) in [6.45, 7) is 6.28. The van der Waals surface area contributed by atoms with Crippen LogP contribution in [0.3, 0.4) is 0 Å². The molecule has 3 aliphatic heterocycles. The van der Waals surface area contributed by atoms with Crippen LogP contribution in [0.1, 0.15) is 143 Å². The van der Waals surface area contributed by atoms with E-state index in [1.807, 2.05) is 12.3 Å². The van der Waals surface area contributed by atoms with E-state index in [9.17, 15) is 39.0 Å². The Morgan fingerprint density at radius 1 is 0.703 bits per heavy atom. The zero-order valence-electron chi connectivity index (χ0n) is 48.8. The van der Waals surface area contributed by atoms with Crippen molar-refractivity contribution in [3.05, 3.63) is 147 Å². The molecule has 0 saturated carbocycles. The van der Waals surface area contributed by atoms with Gasteiger partial charge in [-0.15, -0.1) is 68.0 Å². The zero-order chi connectivity index (χ0) is 63.6. The van der Waals surface area contributed by atoms with Crippen molar-refractivity contribution in [3.8, 4) is 49.1 Å². The summed E-state index contributed by atoms with van der Waals surface area (Å²) in [4.78, 5) is 136. The lowest BCUT2D eigenvalue weighted by Crippen LogP contribution is -2.50. The summed E-state index contributed by atoms with van der Waals surface area (Å²) in [6, 6.07) is 15.3. The number of phenols is 1. The minimum Gasteiger partial charge on any atom is -0.508 e. The number of hydrogen-bond donors (Lipinski definition) is 6. The van der Waals surface area contributed by atoms with Crippen molar-refractivity contribution in [2.45, 2.75) is 95.0 Å². The molecule has 7 aromatic heterocycles. The van der Waals surface area contributed by atoms with E-state index in [-0.39, 0.29) is 70.8 Å². The molecule has 2 saturated heterocycles. The summed E-state index contributed by atoms with van der Waals surface area (Å²) in [6.07, 6.45) is 0.173. The van der Waals surface area contributed by atoms with Gasteiger partial charge >= 0.3 is 5.97 Å². The summed E-state index contributed by atoms with van der Waals surface area (Å²) >= 11 is 7.03. The molecular weight excluding hydrogens is 1280 g/mol. The van der Waals surface area contributed by atoms with Crippen molar-refractivity contribution in [2.24, 2.45) is 17.4 Å². The third kappa shape index (κ3) is 13.9. The van der Waals surface area contributed by atoms with E-state index in [1.54, 1.807) is 77.2 Å². The van der Waals surface area contributed by atoms with Crippen LogP contribution in [0.15, 0.2) is 93.6 Å². The number of fused-ring (bicyclic) bond motifs is 16. The predicted molar refractivity (Wildman–Crippen MR) is 345 cm³/mol. The molecule has 91 heavy (non-hydrogen) atoms. The van der Waals surface area contributed by atoms with Gasteiger partial charge in [0, 0.05) is 68.4 Å². The van der Waals surface area contributed by atoms with Gasteiger partial charge in [-0.3, -0.25) is 33.6 Å². The molecule has 0 unspecified atom stereocenters. The van der Waals surface area contributed by atoms with Crippen LogP contribution >= 0.6 is 68.0 Å². The molecule has 0 spiro atoms. The number of nitrogens with zero attached hydrogens (tertiary/aromatic N) is 9. The Kier molecular flexibility index (Phi) is 18.8. The fraction of sp³-hybridized carbons (Fsp3) is 0.323. The number of aliphatic hydroxyl groups is 1. The van der Waals surface area contributed by atoms with Gasteiger partial charge in [-0.2, -0.15) is 0 Å².